The topological polar surface area (TPSA) is 95.4 Å². The van der Waals surface area contributed by atoms with Gasteiger partial charge in [-0.1, -0.05) is 12.1 Å². The summed E-state index contributed by atoms with van der Waals surface area (Å²) >= 11 is 0. The number of pyridine rings is 2. The first-order chi connectivity index (χ1) is 17.5. The number of piperidine rings is 2. The van der Waals surface area contributed by atoms with Crippen molar-refractivity contribution in [1.29, 1.82) is 0 Å². The van der Waals surface area contributed by atoms with E-state index < -0.39 is 23.3 Å². The Morgan fingerprint density at radius 3 is 2.41 bits per heavy atom. The number of imide groups is 1. The average Bonchev–Trinajstić information content (AvgIpc) is 2.85. The van der Waals surface area contributed by atoms with Crippen molar-refractivity contribution >= 4 is 22.8 Å². The van der Waals surface area contributed by atoms with Crippen molar-refractivity contribution < 1.29 is 27.9 Å². The maximum Gasteiger partial charge on any atom is 0.416 e. The number of hydrogen-bond donors (Lipinski definition) is 2. The minimum atomic E-state index is -4.36. The van der Waals surface area contributed by atoms with Gasteiger partial charge in [0.15, 0.2) is 0 Å². The number of nitrogens with zero attached hydrogens (tertiary/aromatic N) is 3. The molecular weight excluding hydrogens is 485 g/mol. The molecule has 0 saturated carbocycles. The highest BCUT2D eigenvalue weighted by Crippen LogP contribution is 2.35. The van der Waals surface area contributed by atoms with Crippen molar-refractivity contribution in [1.82, 2.24) is 20.2 Å². The first-order valence-electron chi connectivity index (χ1n) is 12.3. The second kappa shape index (κ2) is 9.50. The lowest BCUT2D eigenvalue weighted by molar-refractivity contribution is -0.138. The summed E-state index contributed by atoms with van der Waals surface area (Å²) in [7, 11) is 0. The number of amides is 2. The number of aryl methyl sites for hydroxylation is 1. The molecule has 4 heterocycles. The average molecular weight is 513 g/mol. The summed E-state index contributed by atoms with van der Waals surface area (Å²) in [5.74, 6) is -1.09. The number of alkyl halides is 3. The molecule has 5 rings (SSSR count). The summed E-state index contributed by atoms with van der Waals surface area (Å²) in [4.78, 5) is 35.4. The van der Waals surface area contributed by atoms with Crippen LogP contribution in [-0.2, 0) is 27.9 Å². The molecule has 2 amide bonds. The first-order valence-corrected chi connectivity index (χ1v) is 12.3. The van der Waals surface area contributed by atoms with E-state index in [0.717, 1.165) is 23.3 Å². The lowest BCUT2D eigenvalue weighted by Gasteiger charge is -2.38. The van der Waals surface area contributed by atoms with Crippen LogP contribution in [0.15, 0.2) is 42.5 Å². The van der Waals surface area contributed by atoms with Crippen LogP contribution in [0.4, 0.5) is 13.2 Å². The molecule has 2 fully saturated rings. The molecule has 194 valence electrons. The number of hydrogen-bond acceptors (Lipinski definition) is 6. The minimum Gasteiger partial charge on any atom is -0.383 e. The molecule has 2 N–H and O–H groups in total. The fourth-order valence-electron chi connectivity index (χ4n) is 5.16. The molecule has 1 aromatic carbocycles. The van der Waals surface area contributed by atoms with Gasteiger partial charge in [0.25, 0.3) is 0 Å². The van der Waals surface area contributed by atoms with Gasteiger partial charge in [0.05, 0.1) is 28.2 Å². The van der Waals surface area contributed by atoms with E-state index >= 15 is 0 Å². The quantitative estimate of drug-likeness (QED) is 0.514. The summed E-state index contributed by atoms with van der Waals surface area (Å²) in [5, 5.41) is 13.8. The van der Waals surface area contributed by atoms with Gasteiger partial charge in [-0.2, -0.15) is 13.2 Å². The highest BCUT2D eigenvalue weighted by atomic mass is 19.4. The Morgan fingerprint density at radius 2 is 1.76 bits per heavy atom. The molecule has 2 aliphatic heterocycles. The van der Waals surface area contributed by atoms with Gasteiger partial charge in [-0.3, -0.25) is 24.8 Å². The zero-order valence-electron chi connectivity index (χ0n) is 20.3. The number of halogens is 3. The second-order valence-electron chi connectivity index (χ2n) is 9.90. The van der Waals surface area contributed by atoms with E-state index in [1.807, 2.05) is 19.1 Å². The number of rotatable bonds is 4. The number of carbonyl (C=O) groups excluding carboxylic acids is 2. The molecule has 1 atom stereocenters. The third-order valence-electron chi connectivity index (χ3n) is 7.36. The molecule has 0 bridgehead atoms. The Kier molecular flexibility index (Phi) is 6.49. The van der Waals surface area contributed by atoms with Crippen LogP contribution >= 0.6 is 0 Å². The normalized spacial score (nSPS) is 20.7. The highest BCUT2D eigenvalue weighted by molar-refractivity contribution is 6.01. The maximum absolute atomic E-state index is 12.8. The third-order valence-corrected chi connectivity index (χ3v) is 7.36. The van der Waals surface area contributed by atoms with Gasteiger partial charge in [-0.05, 0) is 67.6 Å². The lowest BCUT2D eigenvalue weighted by Crippen LogP contribution is -2.42. The van der Waals surface area contributed by atoms with Crippen LogP contribution in [0.3, 0.4) is 0 Å². The van der Waals surface area contributed by atoms with Crippen LogP contribution in [0, 0.1) is 6.92 Å². The number of carbonyl (C=O) groups is 2. The SMILES string of the molecule is Cc1nc2ccc(C3(O)CCN(Cc4ccc(C(F)(F)F)cc4)CC3)nc2cc1C1CCC(=O)NC1=O. The summed E-state index contributed by atoms with van der Waals surface area (Å²) in [5.41, 5.74) is 2.14. The van der Waals surface area contributed by atoms with Gasteiger partial charge in [0, 0.05) is 31.7 Å². The van der Waals surface area contributed by atoms with Gasteiger partial charge in [-0.25, -0.2) is 4.98 Å². The van der Waals surface area contributed by atoms with Crippen molar-refractivity contribution in [3.63, 3.8) is 0 Å². The van der Waals surface area contributed by atoms with Gasteiger partial charge < -0.3 is 5.11 Å². The Labute approximate surface area is 211 Å². The lowest BCUT2D eigenvalue weighted by atomic mass is 9.87. The molecule has 0 aliphatic carbocycles. The van der Waals surface area contributed by atoms with Gasteiger partial charge in [0.1, 0.15) is 5.60 Å². The molecule has 2 aromatic heterocycles. The van der Waals surface area contributed by atoms with Crippen molar-refractivity contribution in [2.75, 3.05) is 13.1 Å². The Hall–Kier alpha value is -3.37. The fraction of sp³-hybridized carbons (Fsp3) is 0.407. The standard InChI is InChI=1S/C27H27F3N4O3/c1-16-20(19-6-9-24(35)33-25(19)36)14-22-21(31-16)7-8-23(32-22)26(37)10-12-34(13-11-26)15-17-2-4-18(5-3-17)27(28,29)30/h2-5,7-8,14,19,37H,6,9-13,15H2,1H3,(H,33,35,36). The maximum atomic E-state index is 12.8. The van der Waals surface area contributed by atoms with E-state index in [9.17, 15) is 27.9 Å². The van der Waals surface area contributed by atoms with Gasteiger partial charge in [-0.15, -0.1) is 0 Å². The van der Waals surface area contributed by atoms with Crippen LogP contribution in [0.1, 0.15) is 59.7 Å². The van der Waals surface area contributed by atoms with Crippen LogP contribution in [0.25, 0.3) is 11.0 Å². The van der Waals surface area contributed by atoms with Crippen LogP contribution in [0.5, 0.6) is 0 Å². The van der Waals surface area contributed by atoms with E-state index in [-0.39, 0.29) is 18.2 Å². The zero-order valence-corrected chi connectivity index (χ0v) is 20.3. The molecule has 10 heteroatoms. The van der Waals surface area contributed by atoms with E-state index in [0.29, 0.717) is 61.3 Å². The van der Waals surface area contributed by atoms with E-state index in [1.54, 1.807) is 6.07 Å². The number of likely N-dealkylation sites (tertiary alicyclic amines) is 1. The molecule has 3 aromatic rings. The van der Waals surface area contributed by atoms with E-state index in [4.69, 9.17) is 4.98 Å². The second-order valence-corrected chi connectivity index (χ2v) is 9.90. The molecular formula is C27H27F3N4O3. The molecule has 2 aliphatic rings. The van der Waals surface area contributed by atoms with Crippen molar-refractivity contribution in [3.05, 3.63) is 70.5 Å². The number of benzene rings is 1. The summed E-state index contributed by atoms with van der Waals surface area (Å²) in [6.07, 6.45) is -2.83. The third kappa shape index (κ3) is 5.21. The number of fused-ring (bicyclic) bond motifs is 1. The molecule has 0 spiro atoms. The summed E-state index contributed by atoms with van der Waals surface area (Å²) < 4.78 is 38.4. The first kappa shape index (κ1) is 25.3. The fourth-order valence-corrected chi connectivity index (χ4v) is 5.16. The highest BCUT2D eigenvalue weighted by Gasteiger charge is 2.36. The largest absolute Gasteiger partial charge is 0.416 e. The van der Waals surface area contributed by atoms with Gasteiger partial charge >= 0.3 is 6.18 Å². The van der Waals surface area contributed by atoms with Crippen molar-refractivity contribution in [2.45, 2.75) is 56.8 Å². The van der Waals surface area contributed by atoms with Crippen molar-refractivity contribution in [2.24, 2.45) is 0 Å². The Balaban J connectivity index is 1.30. The zero-order chi connectivity index (χ0) is 26.4. The summed E-state index contributed by atoms with van der Waals surface area (Å²) in [6, 6.07) is 10.6. The van der Waals surface area contributed by atoms with E-state index in [2.05, 4.69) is 15.2 Å². The molecule has 2 saturated heterocycles. The number of aliphatic hydroxyl groups is 1. The Morgan fingerprint density at radius 1 is 1.05 bits per heavy atom. The van der Waals surface area contributed by atoms with Crippen LogP contribution < -0.4 is 5.32 Å². The van der Waals surface area contributed by atoms with Crippen LogP contribution in [-0.4, -0.2) is 44.9 Å². The monoisotopic (exact) mass is 512 g/mol. The Bertz CT molecular complexity index is 1350. The molecule has 37 heavy (non-hydrogen) atoms. The molecule has 0 radical (unpaired) electrons. The number of nitrogens with one attached hydrogen (secondary N) is 1. The smallest absolute Gasteiger partial charge is 0.383 e. The van der Waals surface area contributed by atoms with Gasteiger partial charge in [0.2, 0.25) is 11.8 Å². The molecule has 1 unspecified atom stereocenters. The predicted octanol–water partition coefficient (Wildman–Crippen LogP) is 3.96. The van der Waals surface area contributed by atoms with E-state index in [1.165, 1.54) is 12.1 Å². The number of aromatic nitrogens is 2. The van der Waals surface area contributed by atoms with Crippen LogP contribution in [0.2, 0.25) is 0 Å². The predicted molar refractivity (Wildman–Crippen MR) is 129 cm³/mol. The summed E-state index contributed by atoms with van der Waals surface area (Å²) in [6.45, 7) is 3.44. The van der Waals surface area contributed by atoms with Crippen molar-refractivity contribution in [3.8, 4) is 0 Å². The minimum absolute atomic E-state index is 0.268. The molecule has 7 nitrogen and oxygen atoms in total.